The van der Waals surface area contributed by atoms with Gasteiger partial charge in [-0.25, -0.2) is 0 Å². The fourth-order valence-corrected chi connectivity index (χ4v) is 5.12. The highest BCUT2D eigenvalue weighted by Gasteiger charge is 2.58. The molecule has 23 heavy (non-hydrogen) atoms. The zero-order valence-corrected chi connectivity index (χ0v) is 14.4. The van der Waals surface area contributed by atoms with Crippen molar-refractivity contribution in [3.05, 3.63) is 12.2 Å². The van der Waals surface area contributed by atoms with E-state index in [2.05, 4.69) is 27.4 Å². The first-order valence-electron chi connectivity index (χ1n) is 8.96. The number of carbonyl (C=O) groups is 1. The summed E-state index contributed by atoms with van der Waals surface area (Å²) in [5, 5.41) is 10.8. The highest BCUT2D eigenvalue weighted by Crippen LogP contribution is 2.55. The summed E-state index contributed by atoms with van der Waals surface area (Å²) in [6, 6.07) is 0. The predicted octanol–water partition coefficient (Wildman–Crippen LogP) is 2.63. The molecule has 4 nitrogen and oxygen atoms in total. The van der Waals surface area contributed by atoms with Gasteiger partial charge in [-0.05, 0) is 43.1 Å². The summed E-state index contributed by atoms with van der Waals surface area (Å²) < 4.78 is 11.8. The van der Waals surface area contributed by atoms with E-state index in [1.165, 1.54) is 0 Å². The molecule has 4 fully saturated rings. The molecule has 1 N–H and O–H groups in total. The van der Waals surface area contributed by atoms with Gasteiger partial charge >= 0.3 is 0 Å². The normalized spacial score (nSPS) is 51.8. The molecule has 0 spiro atoms. The number of ketones is 1. The lowest BCUT2D eigenvalue weighted by Gasteiger charge is -2.47. The number of hydrogen-bond donors (Lipinski definition) is 1. The molecular weight excluding hydrogens is 292 g/mol. The van der Waals surface area contributed by atoms with Gasteiger partial charge in [0.25, 0.3) is 0 Å². The molecule has 0 aromatic heterocycles. The van der Waals surface area contributed by atoms with E-state index in [0.29, 0.717) is 18.4 Å². The van der Waals surface area contributed by atoms with Crippen LogP contribution in [0.15, 0.2) is 12.2 Å². The van der Waals surface area contributed by atoms with Gasteiger partial charge in [-0.1, -0.05) is 20.4 Å². The maximum absolute atomic E-state index is 12.5. The monoisotopic (exact) mass is 320 g/mol. The maximum Gasteiger partial charge on any atom is 0.158 e. The van der Waals surface area contributed by atoms with Crippen LogP contribution < -0.4 is 0 Å². The van der Waals surface area contributed by atoms with Gasteiger partial charge in [0.15, 0.2) is 5.78 Å². The van der Waals surface area contributed by atoms with E-state index in [1.54, 1.807) is 0 Å². The number of rotatable bonds is 0. The van der Waals surface area contributed by atoms with Crippen LogP contribution in [0.4, 0.5) is 0 Å². The molecular formula is C19H28O4. The number of aliphatic hydroxyl groups is 1. The first-order valence-corrected chi connectivity index (χ1v) is 8.96. The largest absolute Gasteiger partial charge is 0.392 e. The van der Waals surface area contributed by atoms with Crippen molar-refractivity contribution in [1.29, 1.82) is 0 Å². The third-order valence-corrected chi connectivity index (χ3v) is 7.02. The minimum absolute atomic E-state index is 0.0443. The van der Waals surface area contributed by atoms with Gasteiger partial charge in [-0.2, -0.15) is 0 Å². The average molecular weight is 320 g/mol. The van der Waals surface area contributed by atoms with Gasteiger partial charge in [-0.3, -0.25) is 4.79 Å². The Morgan fingerprint density at radius 1 is 1.22 bits per heavy atom. The van der Waals surface area contributed by atoms with Crippen molar-refractivity contribution in [1.82, 2.24) is 0 Å². The standard InChI is InChI=1S/C19H28O4/c1-10-12(20)7-11-8-16-19(4,23-16)6-5-14-15(22-14)9-13(21)17(10)18(11,2)3/h11,13-17,21H,1,5-9H2,2-4H3. The first kappa shape index (κ1) is 15.8. The Balaban J connectivity index is 1.66. The van der Waals surface area contributed by atoms with Crippen molar-refractivity contribution >= 4 is 5.78 Å². The molecule has 0 radical (unpaired) electrons. The molecule has 0 aromatic carbocycles. The summed E-state index contributed by atoms with van der Waals surface area (Å²) in [6.07, 6.45) is 4.12. The van der Waals surface area contributed by atoms with Crippen LogP contribution in [0.1, 0.15) is 52.9 Å². The highest BCUT2D eigenvalue weighted by atomic mass is 16.6. The Bertz CT molecular complexity index is 554. The first-order chi connectivity index (χ1) is 10.7. The minimum atomic E-state index is -0.551. The lowest BCUT2D eigenvalue weighted by molar-refractivity contribution is -0.124. The van der Waals surface area contributed by atoms with Gasteiger partial charge < -0.3 is 14.6 Å². The second kappa shape index (κ2) is 4.90. The van der Waals surface area contributed by atoms with Crippen LogP contribution >= 0.6 is 0 Å². The number of hydrogen-bond acceptors (Lipinski definition) is 4. The van der Waals surface area contributed by atoms with E-state index < -0.39 is 6.10 Å². The lowest BCUT2D eigenvalue weighted by atomic mass is 9.57. The number of ether oxygens (including phenoxy) is 2. The maximum atomic E-state index is 12.5. The molecule has 4 rings (SSSR count). The quantitative estimate of drug-likeness (QED) is 0.550. The van der Waals surface area contributed by atoms with Crippen LogP contribution in [0.3, 0.4) is 0 Å². The van der Waals surface area contributed by atoms with Gasteiger partial charge in [0.05, 0.1) is 30.0 Å². The molecule has 128 valence electrons. The predicted molar refractivity (Wildman–Crippen MR) is 85.9 cm³/mol. The number of fused-ring (bicyclic) bond motifs is 4. The molecule has 2 heterocycles. The van der Waals surface area contributed by atoms with Gasteiger partial charge in [-0.15, -0.1) is 0 Å². The summed E-state index contributed by atoms with van der Waals surface area (Å²) in [5.41, 5.74) is 0.408. The Labute approximate surface area is 138 Å². The van der Waals surface area contributed by atoms with Crippen LogP contribution in [0.25, 0.3) is 0 Å². The van der Waals surface area contributed by atoms with Crippen molar-refractivity contribution in [2.24, 2.45) is 17.3 Å². The summed E-state index contributed by atoms with van der Waals surface area (Å²) in [6.45, 7) is 10.6. The second-order valence-electron chi connectivity index (χ2n) is 8.86. The van der Waals surface area contributed by atoms with E-state index in [1.807, 2.05) is 0 Å². The molecule has 2 saturated heterocycles. The van der Waals surface area contributed by atoms with E-state index in [9.17, 15) is 9.90 Å². The number of aliphatic hydroxyl groups excluding tert-OH is 1. The smallest absolute Gasteiger partial charge is 0.158 e. The third kappa shape index (κ3) is 2.50. The van der Waals surface area contributed by atoms with E-state index in [-0.39, 0.29) is 46.9 Å². The molecule has 0 amide bonds. The summed E-state index contributed by atoms with van der Waals surface area (Å²) in [4.78, 5) is 12.5. The number of Topliss-reactive ketones (excluding diaryl/α,β-unsaturated/α-hetero) is 1. The van der Waals surface area contributed by atoms with Crippen LogP contribution in [-0.4, -0.2) is 40.9 Å². The second-order valence-corrected chi connectivity index (χ2v) is 8.86. The Morgan fingerprint density at radius 3 is 2.70 bits per heavy atom. The molecule has 2 saturated carbocycles. The lowest BCUT2D eigenvalue weighted by Crippen LogP contribution is -2.48. The average Bonchev–Trinajstić information content (AvgIpc) is 3.32. The third-order valence-electron chi connectivity index (χ3n) is 7.02. The molecule has 2 aliphatic heterocycles. The molecule has 7 atom stereocenters. The van der Waals surface area contributed by atoms with E-state index in [4.69, 9.17) is 9.47 Å². The highest BCUT2D eigenvalue weighted by molar-refractivity contribution is 5.96. The molecule has 2 bridgehead atoms. The fraction of sp³-hybridized carbons (Fsp3) is 0.842. The van der Waals surface area contributed by atoms with Crippen LogP contribution in [0.5, 0.6) is 0 Å². The Morgan fingerprint density at radius 2 is 1.96 bits per heavy atom. The number of carbonyl (C=O) groups excluding carboxylic acids is 1. The van der Waals surface area contributed by atoms with Crippen molar-refractivity contribution in [2.45, 2.75) is 82.9 Å². The van der Waals surface area contributed by atoms with Crippen molar-refractivity contribution in [3.8, 4) is 0 Å². The summed E-state index contributed by atoms with van der Waals surface area (Å²) >= 11 is 0. The molecule has 4 aliphatic rings. The summed E-state index contributed by atoms with van der Waals surface area (Å²) in [7, 11) is 0. The van der Waals surface area contributed by atoms with Gasteiger partial charge in [0.2, 0.25) is 0 Å². The topological polar surface area (TPSA) is 62.4 Å². The van der Waals surface area contributed by atoms with Gasteiger partial charge in [0, 0.05) is 18.8 Å². The molecule has 0 aromatic rings. The zero-order chi connectivity index (χ0) is 16.6. The molecule has 4 heteroatoms. The Hall–Kier alpha value is -0.710. The van der Waals surface area contributed by atoms with Crippen molar-refractivity contribution in [3.63, 3.8) is 0 Å². The minimum Gasteiger partial charge on any atom is -0.392 e. The molecule has 2 aliphatic carbocycles. The van der Waals surface area contributed by atoms with Crippen LogP contribution in [0.2, 0.25) is 0 Å². The molecule has 7 unspecified atom stereocenters. The van der Waals surface area contributed by atoms with Crippen LogP contribution in [0, 0.1) is 17.3 Å². The zero-order valence-electron chi connectivity index (χ0n) is 14.4. The number of epoxide rings is 2. The van der Waals surface area contributed by atoms with Gasteiger partial charge in [0.1, 0.15) is 0 Å². The summed E-state index contributed by atoms with van der Waals surface area (Å²) in [5.74, 6) is 0.177. The van der Waals surface area contributed by atoms with Crippen LogP contribution in [-0.2, 0) is 14.3 Å². The van der Waals surface area contributed by atoms with Crippen molar-refractivity contribution < 1.29 is 19.4 Å². The SMILES string of the molecule is C=C1C(=O)CC2CC3OC3(C)CCC3OC3CC(O)C1C2(C)C. The van der Waals surface area contributed by atoms with E-state index >= 15 is 0 Å². The Kier molecular flexibility index (Phi) is 3.37. The fourth-order valence-electron chi connectivity index (χ4n) is 5.12. The van der Waals surface area contributed by atoms with Crippen molar-refractivity contribution in [2.75, 3.05) is 0 Å². The van der Waals surface area contributed by atoms with E-state index in [0.717, 1.165) is 19.3 Å².